The molecule has 0 aliphatic carbocycles. The fourth-order valence-electron chi connectivity index (χ4n) is 6.90. The SMILES string of the molecule is C=CCOP(=O)(OCCNC(=O)OC(C)(C)C)OCC[C@@H](OC(=O)CCCCCCCCCCCC)C(CCCCCCCCCC)OC(=O)CCCCCCCCCC. The first-order valence-corrected chi connectivity index (χ1v) is 25.9. The summed E-state index contributed by atoms with van der Waals surface area (Å²) in [6, 6.07) is 0. The zero-order valence-corrected chi connectivity index (χ0v) is 40.4. The van der Waals surface area contributed by atoms with Crippen molar-refractivity contribution >= 4 is 25.9 Å². The van der Waals surface area contributed by atoms with Crippen LogP contribution in [0.25, 0.3) is 0 Å². The third kappa shape index (κ3) is 37.8. The van der Waals surface area contributed by atoms with E-state index in [0.29, 0.717) is 12.8 Å². The maximum atomic E-state index is 13.6. The minimum atomic E-state index is -4.11. The van der Waals surface area contributed by atoms with Crippen LogP contribution in [0.1, 0.15) is 234 Å². The predicted molar refractivity (Wildman–Crippen MR) is 245 cm³/mol. The lowest BCUT2D eigenvalue weighted by Gasteiger charge is -2.28. The lowest BCUT2D eigenvalue weighted by molar-refractivity contribution is -0.170. The Balaban J connectivity index is 5.72. The molecule has 0 aliphatic rings. The molecule has 0 aromatic heterocycles. The van der Waals surface area contributed by atoms with Gasteiger partial charge in [0, 0.05) is 25.8 Å². The Morgan fingerprint density at radius 2 is 0.933 bits per heavy atom. The van der Waals surface area contributed by atoms with Crippen molar-refractivity contribution in [3.8, 4) is 0 Å². The van der Waals surface area contributed by atoms with Gasteiger partial charge < -0.3 is 19.5 Å². The minimum absolute atomic E-state index is 0.00833. The third-order valence-electron chi connectivity index (χ3n) is 10.3. The minimum Gasteiger partial charge on any atom is -0.458 e. The number of hydrogen-bond acceptors (Lipinski definition) is 10. The van der Waals surface area contributed by atoms with E-state index in [1.165, 1.54) is 115 Å². The molecule has 0 fully saturated rings. The number of nitrogens with one attached hydrogen (secondary N) is 1. The summed E-state index contributed by atoms with van der Waals surface area (Å²) in [6.45, 7) is 15.2. The summed E-state index contributed by atoms with van der Waals surface area (Å²) >= 11 is 0. The molecule has 0 rings (SSSR count). The number of alkyl carbamates (subject to hydrolysis) is 1. The zero-order chi connectivity index (χ0) is 44.6. The smallest absolute Gasteiger partial charge is 0.458 e. The Morgan fingerprint density at radius 1 is 0.550 bits per heavy atom. The van der Waals surface area contributed by atoms with E-state index in [4.69, 9.17) is 27.8 Å². The highest BCUT2D eigenvalue weighted by Crippen LogP contribution is 2.49. The van der Waals surface area contributed by atoms with Gasteiger partial charge in [-0.15, -0.1) is 6.58 Å². The fourth-order valence-corrected chi connectivity index (χ4v) is 8.05. The molecule has 0 radical (unpaired) electrons. The molecule has 0 spiro atoms. The summed E-state index contributed by atoms with van der Waals surface area (Å²) in [6.07, 6.45) is 30.2. The standard InChI is InChI=1S/C48H92NO10P/c1-8-12-15-18-21-24-25-28-31-34-37-46(51)58-44(38-41-55-60(53,54-40-11-4)56-42-39-49-47(52)59-48(5,6)7)43(35-32-29-26-22-19-16-13-9-2)57-45(50)36-33-30-27-23-20-17-14-10-3/h11,43-44H,4,8-10,12-42H2,1-3,5-7H3,(H,49,52)/t43?,44-,60?/m1/s1. The number of carbonyl (C=O) groups is 3. The van der Waals surface area contributed by atoms with Gasteiger partial charge in [-0.05, 0) is 46.5 Å². The highest BCUT2D eigenvalue weighted by Gasteiger charge is 2.32. The molecule has 0 bridgehead atoms. The van der Waals surface area contributed by atoms with Crippen LogP contribution in [0.5, 0.6) is 0 Å². The Kier molecular flexibility index (Phi) is 38.6. The summed E-state index contributed by atoms with van der Waals surface area (Å²) in [7, 11) is -4.11. The van der Waals surface area contributed by atoms with Crippen molar-refractivity contribution in [3.05, 3.63) is 12.7 Å². The van der Waals surface area contributed by atoms with Gasteiger partial charge in [-0.25, -0.2) is 9.36 Å². The van der Waals surface area contributed by atoms with Gasteiger partial charge >= 0.3 is 25.9 Å². The van der Waals surface area contributed by atoms with Gasteiger partial charge in [0.05, 0.1) is 19.8 Å². The van der Waals surface area contributed by atoms with Crippen LogP contribution < -0.4 is 5.32 Å². The van der Waals surface area contributed by atoms with E-state index in [-0.39, 0.29) is 51.1 Å². The molecular formula is C48H92NO10P. The molecule has 2 unspecified atom stereocenters. The monoisotopic (exact) mass is 874 g/mol. The van der Waals surface area contributed by atoms with Crippen LogP contribution in [-0.2, 0) is 41.9 Å². The number of esters is 2. The van der Waals surface area contributed by atoms with Gasteiger partial charge in [-0.3, -0.25) is 23.2 Å². The van der Waals surface area contributed by atoms with Crippen molar-refractivity contribution in [3.63, 3.8) is 0 Å². The predicted octanol–water partition coefficient (Wildman–Crippen LogP) is 14.4. The molecule has 12 heteroatoms. The molecule has 60 heavy (non-hydrogen) atoms. The van der Waals surface area contributed by atoms with Crippen LogP contribution >= 0.6 is 7.82 Å². The fraction of sp³-hybridized carbons (Fsp3) is 0.896. The van der Waals surface area contributed by atoms with Gasteiger partial charge in [0.25, 0.3) is 0 Å². The average Bonchev–Trinajstić information content (AvgIpc) is 3.20. The molecule has 0 heterocycles. The van der Waals surface area contributed by atoms with Crippen LogP contribution in [0.2, 0.25) is 0 Å². The van der Waals surface area contributed by atoms with Crippen molar-refractivity contribution in [1.29, 1.82) is 0 Å². The molecule has 0 saturated heterocycles. The Morgan fingerprint density at radius 3 is 1.35 bits per heavy atom. The molecule has 0 aliphatic heterocycles. The first kappa shape index (κ1) is 58.1. The second-order valence-corrected chi connectivity index (χ2v) is 19.1. The van der Waals surface area contributed by atoms with E-state index in [1.54, 1.807) is 20.8 Å². The van der Waals surface area contributed by atoms with Crippen molar-refractivity contribution < 1.29 is 46.7 Å². The molecular weight excluding hydrogens is 781 g/mol. The van der Waals surface area contributed by atoms with Gasteiger partial charge in [0.15, 0.2) is 0 Å². The lowest BCUT2D eigenvalue weighted by atomic mass is 10.0. The normalized spacial score (nSPS) is 13.6. The van der Waals surface area contributed by atoms with Gasteiger partial charge in [0.2, 0.25) is 0 Å². The molecule has 1 N–H and O–H groups in total. The largest absolute Gasteiger partial charge is 0.475 e. The first-order valence-electron chi connectivity index (χ1n) is 24.4. The number of phosphoric acid groups is 1. The van der Waals surface area contributed by atoms with E-state index < -0.39 is 31.7 Å². The summed E-state index contributed by atoms with van der Waals surface area (Å²) < 4.78 is 47.9. The quantitative estimate of drug-likeness (QED) is 0.0207. The van der Waals surface area contributed by atoms with E-state index in [2.05, 4.69) is 32.7 Å². The molecule has 11 nitrogen and oxygen atoms in total. The maximum Gasteiger partial charge on any atom is 0.475 e. The topological polar surface area (TPSA) is 136 Å². The maximum absolute atomic E-state index is 13.6. The van der Waals surface area contributed by atoms with Crippen molar-refractivity contribution in [1.82, 2.24) is 5.32 Å². The second-order valence-electron chi connectivity index (χ2n) is 17.4. The van der Waals surface area contributed by atoms with Gasteiger partial charge in [-0.1, -0.05) is 175 Å². The lowest BCUT2D eigenvalue weighted by Crippen LogP contribution is -2.36. The summed E-state index contributed by atoms with van der Waals surface area (Å²) in [5.74, 6) is -0.627. The van der Waals surface area contributed by atoms with E-state index in [0.717, 1.165) is 57.8 Å². The Labute approximate surface area is 367 Å². The Bertz CT molecular complexity index is 1100. The van der Waals surface area contributed by atoms with E-state index >= 15 is 0 Å². The number of unbranched alkanes of at least 4 members (excludes halogenated alkanes) is 23. The van der Waals surface area contributed by atoms with Crippen LogP contribution in [0.15, 0.2) is 12.7 Å². The third-order valence-corrected chi connectivity index (χ3v) is 11.8. The molecule has 354 valence electrons. The van der Waals surface area contributed by atoms with Crippen LogP contribution in [-0.4, -0.2) is 62.2 Å². The highest BCUT2D eigenvalue weighted by molar-refractivity contribution is 7.48. The van der Waals surface area contributed by atoms with E-state index in [1.807, 2.05) is 0 Å². The first-order chi connectivity index (χ1) is 28.9. The number of amides is 1. The highest BCUT2D eigenvalue weighted by atomic mass is 31.2. The van der Waals surface area contributed by atoms with Crippen LogP contribution in [0, 0.1) is 0 Å². The van der Waals surface area contributed by atoms with Crippen molar-refractivity contribution in [2.24, 2.45) is 0 Å². The van der Waals surface area contributed by atoms with Gasteiger partial charge in [0.1, 0.15) is 17.8 Å². The summed E-state index contributed by atoms with van der Waals surface area (Å²) in [5, 5.41) is 2.56. The van der Waals surface area contributed by atoms with Crippen LogP contribution in [0.4, 0.5) is 4.79 Å². The number of ether oxygens (including phenoxy) is 3. The zero-order valence-electron chi connectivity index (χ0n) is 39.5. The van der Waals surface area contributed by atoms with Crippen LogP contribution in [0.3, 0.4) is 0 Å². The second kappa shape index (κ2) is 39.9. The Hall–Kier alpha value is -1.94. The molecule has 1 amide bonds. The molecule has 3 atom stereocenters. The summed E-state index contributed by atoms with van der Waals surface area (Å²) in [4.78, 5) is 38.8. The molecule has 0 saturated carbocycles. The number of carbonyl (C=O) groups excluding carboxylic acids is 3. The average molecular weight is 874 g/mol. The molecule has 0 aromatic carbocycles. The van der Waals surface area contributed by atoms with Crippen molar-refractivity contribution in [2.75, 3.05) is 26.4 Å². The van der Waals surface area contributed by atoms with Crippen molar-refractivity contribution in [2.45, 2.75) is 252 Å². The van der Waals surface area contributed by atoms with Gasteiger partial charge in [-0.2, -0.15) is 0 Å². The van der Waals surface area contributed by atoms with E-state index in [9.17, 15) is 18.9 Å². The molecule has 0 aromatic rings. The number of phosphoric ester groups is 1. The number of rotatable bonds is 43. The summed E-state index contributed by atoms with van der Waals surface area (Å²) in [5.41, 5.74) is -0.669. The number of hydrogen-bond donors (Lipinski definition) is 1.